The maximum atomic E-state index is 12.9. The second kappa shape index (κ2) is 4.90. The van der Waals surface area contributed by atoms with E-state index in [9.17, 15) is 4.39 Å². The third-order valence-electron chi connectivity index (χ3n) is 3.54. The fourth-order valence-electron chi connectivity index (χ4n) is 2.57. The Morgan fingerprint density at radius 2 is 2.11 bits per heavy atom. The van der Waals surface area contributed by atoms with Gasteiger partial charge in [-0.05, 0) is 30.0 Å². The van der Waals surface area contributed by atoms with Crippen LogP contribution in [0, 0.1) is 5.82 Å². The van der Waals surface area contributed by atoms with Crippen molar-refractivity contribution in [3.05, 3.63) is 54.4 Å². The molecule has 1 fully saturated rings. The van der Waals surface area contributed by atoms with E-state index in [0.717, 1.165) is 26.2 Å². The Morgan fingerprint density at radius 3 is 2.83 bits per heavy atom. The van der Waals surface area contributed by atoms with Gasteiger partial charge >= 0.3 is 0 Å². The van der Waals surface area contributed by atoms with Gasteiger partial charge in [0, 0.05) is 25.5 Å². The smallest absolute Gasteiger partial charge is 0.123 e. The van der Waals surface area contributed by atoms with E-state index in [0.29, 0.717) is 5.92 Å². The molecule has 2 aromatic rings. The average Bonchev–Trinajstić information content (AvgIpc) is 3.02. The predicted molar refractivity (Wildman–Crippen MR) is 67.6 cm³/mol. The number of halogens is 1. The molecule has 0 spiro atoms. The first kappa shape index (κ1) is 11.4. The van der Waals surface area contributed by atoms with Gasteiger partial charge in [-0.2, -0.15) is 0 Å². The number of nitrogens with zero attached hydrogens (tertiary/aromatic N) is 3. The minimum atomic E-state index is -0.160. The quantitative estimate of drug-likeness (QED) is 0.828. The molecule has 3 rings (SSSR count). The summed E-state index contributed by atoms with van der Waals surface area (Å²) in [6, 6.07) is 6.91. The SMILES string of the molecule is Fc1ccc(C2CCN(Cn3ccnc3)C2)cc1. The zero-order valence-corrected chi connectivity index (χ0v) is 10.2. The monoisotopic (exact) mass is 245 g/mol. The highest BCUT2D eigenvalue weighted by atomic mass is 19.1. The van der Waals surface area contributed by atoms with E-state index in [2.05, 4.69) is 14.5 Å². The standard InChI is InChI=1S/C14H16FN3/c15-14-3-1-12(2-4-14)13-5-7-17(9-13)11-18-8-6-16-10-18/h1-4,6,8,10,13H,5,7,9,11H2. The molecule has 0 N–H and O–H groups in total. The second-order valence-corrected chi connectivity index (χ2v) is 4.83. The van der Waals surface area contributed by atoms with Crippen molar-refractivity contribution in [2.24, 2.45) is 0 Å². The Morgan fingerprint density at radius 1 is 1.28 bits per heavy atom. The second-order valence-electron chi connectivity index (χ2n) is 4.83. The van der Waals surface area contributed by atoms with Crippen LogP contribution in [0.2, 0.25) is 0 Å². The first-order valence-corrected chi connectivity index (χ1v) is 6.25. The van der Waals surface area contributed by atoms with Gasteiger partial charge in [0.2, 0.25) is 0 Å². The molecule has 0 saturated carbocycles. The minimum Gasteiger partial charge on any atom is -0.324 e. The molecule has 1 aromatic carbocycles. The molecule has 1 aliphatic heterocycles. The molecule has 1 aliphatic rings. The first-order chi connectivity index (χ1) is 8.81. The van der Waals surface area contributed by atoms with Gasteiger partial charge in [-0.25, -0.2) is 9.37 Å². The molecule has 18 heavy (non-hydrogen) atoms. The van der Waals surface area contributed by atoms with E-state index in [1.807, 2.05) is 24.7 Å². The maximum absolute atomic E-state index is 12.9. The summed E-state index contributed by atoms with van der Waals surface area (Å²) in [5.41, 5.74) is 1.24. The lowest BCUT2D eigenvalue weighted by Crippen LogP contribution is -2.23. The number of likely N-dealkylation sites (tertiary alicyclic amines) is 1. The van der Waals surface area contributed by atoms with Crippen LogP contribution < -0.4 is 0 Å². The zero-order chi connectivity index (χ0) is 12.4. The summed E-state index contributed by atoms with van der Waals surface area (Å²) in [5.74, 6) is 0.362. The largest absolute Gasteiger partial charge is 0.324 e. The van der Waals surface area contributed by atoms with Gasteiger partial charge in [-0.3, -0.25) is 4.90 Å². The Hall–Kier alpha value is -1.68. The number of benzene rings is 1. The predicted octanol–water partition coefficient (Wildman–Crippen LogP) is 2.47. The molecular formula is C14H16FN3. The molecular weight excluding hydrogens is 229 g/mol. The van der Waals surface area contributed by atoms with Gasteiger partial charge in [0.25, 0.3) is 0 Å². The van der Waals surface area contributed by atoms with Gasteiger partial charge in [0.1, 0.15) is 5.82 Å². The summed E-state index contributed by atoms with van der Waals surface area (Å²) in [4.78, 5) is 6.44. The Kier molecular flexibility index (Phi) is 3.11. The van der Waals surface area contributed by atoms with Crippen molar-refractivity contribution in [2.75, 3.05) is 13.1 Å². The summed E-state index contributed by atoms with van der Waals surface area (Å²) >= 11 is 0. The van der Waals surface area contributed by atoms with Crippen LogP contribution in [0.15, 0.2) is 43.0 Å². The molecule has 1 aromatic heterocycles. The minimum absolute atomic E-state index is 0.160. The third-order valence-corrected chi connectivity index (χ3v) is 3.54. The van der Waals surface area contributed by atoms with Gasteiger partial charge in [-0.15, -0.1) is 0 Å². The van der Waals surface area contributed by atoms with Crippen molar-refractivity contribution in [1.29, 1.82) is 0 Å². The molecule has 2 heterocycles. The van der Waals surface area contributed by atoms with Crippen molar-refractivity contribution in [3.63, 3.8) is 0 Å². The highest BCUT2D eigenvalue weighted by Gasteiger charge is 2.23. The third kappa shape index (κ3) is 2.43. The molecule has 1 unspecified atom stereocenters. The molecule has 0 bridgehead atoms. The van der Waals surface area contributed by atoms with Crippen LogP contribution >= 0.6 is 0 Å². The van der Waals surface area contributed by atoms with E-state index in [1.165, 1.54) is 5.56 Å². The number of rotatable bonds is 3. The number of hydrogen-bond acceptors (Lipinski definition) is 2. The number of imidazole rings is 1. The normalized spacial score (nSPS) is 20.4. The lowest BCUT2D eigenvalue weighted by molar-refractivity contribution is 0.267. The van der Waals surface area contributed by atoms with Crippen LogP contribution in [0.4, 0.5) is 4.39 Å². The van der Waals surface area contributed by atoms with Gasteiger partial charge in [0.15, 0.2) is 0 Å². The van der Waals surface area contributed by atoms with Crippen molar-refractivity contribution in [1.82, 2.24) is 14.5 Å². The van der Waals surface area contributed by atoms with Crippen LogP contribution in [0.5, 0.6) is 0 Å². The number of aromatic nitrogens is 2. The highest BCUT2D eigenvalue weighted by molar-refractivity contribution is 5.21. The van der Waals surface area contributed by atoms with Crippen LogP contribution in [-0.4, -0.2) is 27.5 Å². The van der Waals surface area contributed by atoms with Crippen LogP contribution in [-0.2, 0) is 6.67 Å². The molecule has 4 heteroatoms. The molecule has 0 aliphatic carbocycles. The first-order valence-electron chi connectivity index (χ1n) is 6.25. The molecule has 3 nitrogen and oxygen atoms in total. The van der Waals surface area contributed by atoms with E-state index >= 15 is 0 Å². The van der Waals surface area contributed by atoms with Gasteiger partial charge in [-0.1, -0.05) is 12.1 Å². The molecule has 94 valence electrons. The van der Waals surface area contributed by atoms with Crippen molar-refractivity contribution in [2.45, 2.75) is 19.0 Å². The van der Waals surface area contributed by atoms with E-state index in [1.54, 1.807) is 18.3 Å². The van der Waals surface area contributed by atoms with Crippen molar-refractivity contribution >= 4 is 0 Å². The Bertz CT molecular complexity index is 492. The summed E-state index contributed by atoms with van der Waals surface area (Å²) in [6.45, 7) is 3.00. The van der Waals surface area contributed by atoms with Crippen LogP contribution in [0.25, 0.3) is 0 Å². The fourth-order valence-corrected chi connectivity index (χ4v) is 2.57. The summed E-state index contributed by atoms with van der Waals surface area (Å²) in [7, 11) is 0. The highest BCUT2D eigenvalue weighted by Crippen LogP contribution is 2.27. The zero-order valence-electron chi connectivity index (χ0n) is 10.2. The Balaban J connectivity index is 1.63. The van der Waals surface area contributed by atoms with Crippen LogP contribution in [0.3, 0.4) is 0 Å². The maximum Gasteiger partial charge on any atom is 0.123 e. The lowest BCUT2D eigenvalue weighted by Gasteiger charge is -2.16. The fraction of sp³-hybridized carbons (Fsp3) is 0.357. The lowest BCUT2D eigenvalue weighted by atomic mass is 9.99. The molecule has 1 saturated heterocycles. The van der Waals surface area contributed by atoms with Crippen LogP contribution in [0.1, 0.15) is 17.9 Å². The van der Waals surface area contributed by atoms with E-state index < -0.39 is 0 Å². The summed E-state index contributed by atoms with van der Waals surface area (Å²) in [5, 5.41) is 0. The molecule has 0 radical (unpaired) electrons. The van der Waals surface area contributed by atoms with E-state index in [-0.39, 0.29) is 5.82 Å². The molecule has 1 atom stereocenters. The van der Waals surface area contributed by atoms with E-state index in [4.69, 9.17) is 0 Å². The summed E-state index contributed by atoms with van der Waals surface area (Å²) < 4.78 is 15.0. The van der Waals surface area contributed by atoms with Gasteiger partial charge < -0.3 is 4.57 Å². The van der Waals surface area contributed by atoms with Crippen molar-refractivity contribution < 1.29 is 4.39 Å². The average molecular weight is 245 g/mol. The Labute approximate surface area is 106 Å². The van der Waals surface area contributed by atoms with Gasteiger partial charge in [0.05, 0.1) is 13.0 Å². The molecule has 0 amide bonds. The van der Waals surface area contributed by atoms with Crippen molar-refractivity contribution in [3.8, 4) is 0 Å². The summed E-state index contributed by atoms with van der Waals surface area (Å²) in [6.07, 6.45) is 6.75. The topological polar surface area (TPSA) is 21.1 Å². The number of hydrogen-bond donors (Lipinski definition) is 0.